The van der Waals surface area contributed by atoms with E-state index in [1.54, 1.807) is 11.3 Å². The summed E-state index contributed by atoms with van der Waals surface area (Å²) in [5.41, 5.74) is 5.63. The Morgan fingerprint density at radius 3 is 2.76 bits per heavy atom. The number of rotatable bonds is 6. The number of nitrogens with two attached hydrogens (primary N) is 1. The molecule has 0 aromatic carbocycles. The van der Waals surface area contributed by atoms with Crippen LogP contribution in [0, 0.1) is 5.92 Å². The Bertz CT molecular complexity index is 333. The Hall–Kier alpha value is -0.870. The molecule has 0 saturated heterocycles. The van der Waals surface area contributed by atoms with E-state index in [9.17, 15) is 4.79 Å². The topological polar surface area (TPSA) is 46.3 Å². The highest BCUT2D eigenvalue weighted by Gasteiger charge is 2.20. The first kappa shape index (κ1) is 14.2. The van der Waals surface area contributed by atoms with Crippen molar-refractivity contribution in [3.8, 4) is 0 Å². The normalized spacial score (nSPS) is 14.4. The number of hydrogen-bond donors (Lipinski definition) is 1. The van der Waals surface area contributed by atoms with E-state index in [0.717, 1.165) is 6.42 Å². The third-order valence-electron chi connectivity index (χ3n) is 3.30. The summed E-state index contributed by atoms with van der Waals surface area (Å²) in [5, 5.41) is 2.04. The molecule has 2 N–H and O–H groups in total. The van der Waals surface area contributed by atoms with Gasteiger partial charge < -0.3 is 10.6 Å². The minimum absolute atomic E-state index is 0.151. The third-order valence-corrected chi connectivity index (χ3v) is 4.35. The molecule has 1 aromatic rings. The molecule has 17 heavy (non-hydrogen) atoms. The van der Waals surface area contributed by atoms with Crippen molar-refractivity contribution in [3.05, 3.63) is 22.4 Å². The maximum atomic E-state index is 12.1. The summed E-state index contributed by atoms with van der Waals surface area (Å²) in [6.07, 6.45) is 1.52. The zero-order chi connectivity index (χ0) is 12.8. The highest BCUT2D eigenvalue weighted by atomic mass is 32.1. The number of carbonyl (C=O) groups is 1. The Kier molecular flexibility index (Phi) is 5.65. The number of hydrogen-bond acceptors (Lipinski definition) is 3. The molecule has 0 fully saturated rings. The van der Waals surface area contributed by atoms with Gasteiger partial charge >= 0.3 is 0 Å². The van der Waals surface area contributed by atoms with Crippen LogP contribution in [0.3, 0.4) is 0 Å². The molecule has 1 aromatic heterocycles. The molecule has 0 aliphatic heterocycles. The largest absolute Gasteiger partial charge is 0.338 e. The molecule has 1 amide bonds. The van der Waals surface area contributed by atoms with Crippen molar-refractivity contribution in [1.29, 1.82) is 0 Å². The third kappa shape index (κ3) is 3.82. The van der Waals surface area contributed by atoms with E-state index in [0.29, 0.717) is 18.9 Å². The molecule has 0 radical (unpaired) electrons. The van der Waals surface area contributed by atoms with Crippen LogP contribution in [0.4, 0.5) is 0 Å². The molecule has 0 spiro atoms. The highest BCUT2D eigenvalue weighted by molar-refractivity contribution is 7.10. The molecule has 0 aliphatic rings. The number of carbonyl (C=O) groups excluding carboxylic acids is 1. The maximum Gasteiger partial charge on any atom is 0.223 e. The van der Waals surface area contributed by atoms with Crippen LogP contribution in [0.25, 0.3) is 0 Å². The molecule has 2 unspecified atom stereocenters. The van der Waals surface area contributed by atoms with Gasteiger partial charge in [0.15, 0.2) is 0 Å². The second kappa shape index (κ2) is 6.77. The van der Waals surface area contributed by atoms with Gasteiger partial charge in [-0.1, -0.05) is 19.4 Å². The average molecular weight is 254 g/mol. The molecule has 3 nitrogen and oxygen atoms in total. The van der Waals surface area contributed by atoms with Gasteiger partial charge in [0, 0.05) is 18.3 Å². The first-order valence-corrected chi connectivity index (χ1v) is 6.97. The highest BCUT2D eigenvalue weighted by Crippen LogP contribution is 2.24. The predicted octanol–water partition coefficient (Wildman–Crippen LogP) is 2.64. The lowest BCUT2D eigenvalue weighted by Crippen LogP contribution is -2.32. The van der Waals surface area contributed by atoms with Gasteiger partial charge in [0.25, 0.3) is 0 Å². The van der Waals surface area contributed by atoms with Crippen LogP contribution >= 0.6 is 11.3 Å². The standard InChI is InChI=1S/C13H22N2OS/c1-4-11(9-14)8-13(16)15(3)10(2)12-6-5-7-17-12/h5-7,10-11H,4,8-9,14H2,1-3H3. The van der Waals surface area contributed by atoms with Crippen molar-refractivity contribution in [3.63, 3.8) is 0 Å². The van der Waals surface area contributed by atoms with Crippen LogP contribution in [0.2, 0.25) is 0 Å². The molecule has 4 heteroatoms. The monoisotopic (exact) mass is 254 g/mol. The van der Waals surface area contributed by atoms with E-state index in [-0.39, 0.29) is 11.9 Å². The molecular formula is C13H22N2OS. The van der Waals surface area contributed by atoms with Crippen LogP contribution in [0.1, 0.15) is 37.6 Å². The smallest absolute Gasteiger partial charge is 0.223 e. The minimum atomic E-state index is 0.151. The van der Waals surface area contributed by atoms with Crippen molar-refractivity contribution < 1.29 is 4.79 Å². The fourth-order valence-electron chi connectivity index (χ4n) is 1.72. The fourth-order valence-corrected chi connectivity index (χ4v) is 2.55. The summed E-state index contributed by atoms with van der Waals surface area (Å²) in [6.45, 7) is 4.73. The zero-order valence-electron chi connectivity index (χ0n) is 10.8. The van der Waals surface area contributed by atoms with Crippen LogP contribution in [-0.2, 0) is 4.79 Å². The van der Waals surface area contributed by atoms with Gasteiger partial charge in [0.1, 0.15) is 0 Å². The van der Waals surface area contributed by atoms with Gasteiger partial charge in [0.2, 0.25) is 5.91 Å². The van der Waals surface area contributed by atoms with Crippen molar-refractivity contribution in [1.82, 2.24) is 4.90 Å². The van der Waals surface area contributed by atoms with Crippen molar-refractivity contribution >= 4 is 17.2 Å². The van der Waals surface area contributed by atoms with Gasteiger partial charge in [-0.3, -0.25) is 4.79 Å². The molecule has 1 heterocycles. The first-order chi connectivity index (χ1) is 8.10. The van der Waals surface area contributed by atoms with Gasteiger partial charge in [-0.15, -0.1) is 11.3 Å². The van der Waals surface area contributed by atoms with Gasteiger partial charge in [0.05, 0.1) is 6.04 Å². The molecule has 0 saturated carbocycles. The lowest BCUT2D eigenvalue weighted by molar-refractivity contribution is -0.132. The molecular weight excluding hydrogens is 232 g/mol. The van der Waals surface area contributed by atoms with Crippen LogP contribution in [-0.4, -0.2) is 24.4 Å². The van der Waals surface area contributed by atoms with E-state index < -0.39 is 0 Å². The number of nitrogens with zero attached hydrogens (tertiary/aromatic N) is 1. The Morgan fingerprint density at radius 1 is 1.59 bits per heavy atom. The SMILES string of the molecule is CCC(CN)CC(=O)N(C)C(C)c1cccs1. The second-order valence-electron chi connectivity index (χ2n) is 4.41. The van der Waals surface area contributed by atoms with Crippen LogP contribution < -0.4 is 5.73 Å². The van der Waals surface area contributed by atoms with E-state index in [4.69, 9.17) is 5.73 Å². The zero-order valence-corrected chi connectivity index (χ0v) is 11.7. The molecule has 2 atom stereocenters. The molecule has 0 bridgehead atoms. The number of amides is 1. The Labute approximate surface area is 108 Å². The van der Waals surface area contributed by atoms with Crippen molar-refractivity contribution in [2.75, 3.05) is 13.6 Å². The lowest BCUT2D eigenvalue weighted by atomic mass is 10.0. The fraction of sp³-hybridized carbons (Fsp3) is 0.615. The summed E-state index contributed by atoms with van der Waals surface area (Å²) in [5.74, 6) is 0.490. The van der Waals surface area contributed by atoms with E-state index in [2.05, 4.69) is 19.9 Å². The first-order valence-electron chi connectivity index (χ1n) is 6.09. The molecule has 1 rings (SSSR count). The Morgan fingerprint density at radius 2 is 2.29 bits per heavy atom. The van der Waals surface area contributed by atoms with E-state index in [1.165, 1.54) is 4.88 Å². The minimum Gasteiger partial charge on any atom is -0.338 e. The summed E-state index contributed by atoms with van der Waals surface area (Å²) in [7, 11) is 1.87. The van der Waals surface area contributed by atoms with Crippen LogP contribution in [0.5, 0.6) is 0 Å². The van der Waals surface area contributed by atoms with Crippen molar-refractivity contribution in [2.45, 2.75) is 32.7 Å². The second-order valence-corrected chi connectivity index (χ2v) is 5.39. The number of thiophene rings is 1. The summed E-state index contributed by atoms with van der Waals surface area (Å²) in [4.78, 5) is 15.1. The van der Waals surface area contributed by atoms with Gasteiger partial charge in [-0.2, -0.15) is 0 Å². The molecule has 0 aliphatic carbocycles. The quantitative estimate of drug-likeness (QED) is 0.848. The van der Waals surface area contributed by atoms with E-state index in [1.807, 2.05) is 23.4 Å². The lowest BCUT2D eigenvalue weighted by Gasteiger charge is -2.25. The summed E-state index contributed by atoms with van der Waals surface area (Å²) < 4.78 is 0. The van der Waals surface area contributed by atoms with Crippen LogP contribution in [0.15, 0.2) is 17.5 Å². The van der Waals surface area contributed by atoms with Gasteiger partial charge in [-0.25, -0.2) is 0 Å². The van der Waals surface area contributed by atoms with Gasteiger partial charge in [-0.05, 0) is 30.8 Å². The van der Waals surface area contributed by atoms with E-state index >= 15 is 0 Å². The Balaban J connectivity index is 2.57. The maximum absolute atomic E-state index is 12.1. The predicted molar refractivity (Wildman–Crippen MR) is 73.0 cm³/mol. The molecule has 96 valence electrons. The van der Waals surface area contributed by atoms with Crippen molar-refractivity contribution in [2.24, 2.45) is 11.7 Å². The summed E-state index contributed by atoms with van der Waals surface area (Å²) in [6, 6.07) is 4.24. The summed E-state index contributed by atoms with van der Waals surface area (Å²) >= 11 is 1.69. The average Bonchev–Trinajstić information content (AvgIpc) is 2.87.